The molecule has 2 rings (SSSR count). The van der Waals surface area contributed by atoms with E-state index in [1.54, 1.807) is 0 Å². The number of carbonyl (C=O) groups is 2. The third-order valence-electron chi connectivity index (χ3n) is 5.35. The summed E-state index contributed by atoms with van der Waals surface area (Å²) in [6, 6.07) is 7.86. The molecule has 27 heavy (non-hydrogen) atoms. The van der Waals surface area contributed by atoms with Crippen molar-refractivity contribution < 1.29 is 9.59 Å². The Morgan fingerprint density at radius 3 is 2.52 bits per heavy atom. The molecule has 6 heteroatoms. The van der Waals surface area contributed by atoms with Crippen LogP contribution in [0.3, 0.4) is 0 Å². The Morgan fingerprint density at radius 1 is 1.19 bits per heavy atom. The topological polar surface area (TPSA) is 87.5 Å². The summed E-state index contributed by atoms with van der Waals surface area (Å²) in [5.74, 6) is -0.512. The first kappa shape index (κ1) is 21.4. The van der Waals surface area contributed by atoms with Gasteiger partial charge in [0, 0.05) is 18.3 Å². The maximum absolute atomic E-state index is 12.3. The number of nitrogens with two attached hydrogens (primary N) is 1. The minimum Gasteiger partial charge on any atom is -0.346 e. The lowest BCUT2D eigenvalue weighted by atomic mass is 9.94. The molecule has 0 bridgehead atoms. The zero-order valence-electron chi connectivity index (χ0n) is 16.8. The molecule has 1 aromatic carbocycles. The highest BCUT2D eigenvalue weighted by Gasteiger charge is 2.20. The normalized spacial score (nSPS) is 16.4. The molecule has 1 aromatic rings. The van der Waals surface area contributed by atoms with Gasteiger partial charge in [-0.1, -0.05) is 51.3 Å². The van der Waals surface area contributed by atoms with Crippen molar-refractivity contribution in [1.29, 1.82) is 0 Å². The number of nitrogens with zero attached hydrogens (tertiary/aromatic N) is 1. The van der Waals surface area contributed by atoms with Crippen LogP contribution in [-0.2, 0) is 16.1 Å². The van der Waals surface area contributed by atoms with Crippen LogP contribution in [0, 0.1) is 5.92 Å². The van der Waals surface area contributed by atoms with Gasteiger partial charge in [0.1, 0.15) is 0 Å². The summed E-state index contributed by atoms with van der Waals surface area (Å²) in [5.41, 5.74) is 7.69. The van der Waals surface area contributed by atoms with E-state index >= 15 is 0 Å². The minimum atomic E-state index is -0.603. The van der Waals surface area contributed by atoms with Gasteiger partial charge in [-0.25, -0.2) is 0 Å². The lowest BCUT2D eigenvalue weighted by Crippen LogP contribution is -2.46. The molecule has 6 nitrogen and oxygen atoms in total. The number of anilines is 1. The predicted molar refractivity (Wildman–Crippen MR) is 109 cm³/mol. The molecule has 1 atom stereocenters. The van der Waals surface area contributed by atoms with Crippen molar-refractivity contribution in [1.82, 2.24) is 10.2 Å². The monoisotopic (exact) mass is 374 g/mol. The molecule has 1 saturated carbocycles. The summed E-state index contributed by atoms with van der Waals surface area (Å²) < 4.78 is 0. The summed E-state index contributed by atoms with van der Waals surface area (Å²) in [4.78, 5) is 26.6. The lowest BCUT2D eigenvalue weighted by Gasteiger charge is -2.31. The largest absolute Gasteiger partial charge is 0.346 e. The molecule has 0 aliphatic heterocycles. The maximum Gasteiger partial charge on any atom is 0.243 e. The molecule has 2 amide bonds. The Hall–Kier alpha value is -1.92. The van der Waals surface area contributed by atoms with E-state index in [-0.39, 0.29) is 24.3 Å². The standard InChI is InChI=1S/C21H34N4O2/c1-15(2)20(22)21(27)23-13-19(26)24-18-12-8-7-9-16(18)14-25(3)17-10-5-4-6-11-17/h7-9,12,15,17,20H,4-6,10-11,13-14,22H2,1-3H3,(H,23,27)(H,24,26)/t20-/m0/s1. The van der Waals surface area contributed by atoms with Gasteiger partial charge in [-0.3, -0.25) is 14.5 Å². The van der Waals surface area contributed by atoms with E-state index in [1.165, 1.54) is 32.1 Å². The Morgan fingerprint density at radius 2 is 1.85 bits per heavy atom. The second-order valence-corrected chi connectivity index (χ2v) is 7.90. The van der Waals surface area contributed by atoms with Crippen LogP contribution in [0.4, 0.5) is 5.69 Å². The van der Waals surface area contributed by atoms with Crippen molar-refractivity contribution in [2.75, 3.05) is 18.9 Å². The number of rotatable bonds is 8. The fourth-order valence-electron chi connectivity index (χ4n) is 3.48. The average molecular weight is 375 g/mol. The van der Waals surface area contributed by atoms with Gasteiger partial charge in [0.05, 0.1) is 12.6 Å². The Kier molecular flexibility index (Phi) is 8.25. The summed E-state index contributed by atoms with van der Waals surface area (Å²) in [5, 5.41) is 5.53. The molecule has 1 fully saturated rings. The summed E-state index contributed by atoms with van der Waals surface area (Å²) in [6.45, 7) is 4.48. The maximum atomic E-state index is 12.3. The van der Waals surface area contributed by atoms with E-state index in [0.717, 1.165) is 17.8 Å². The van der Waals surface area contributed by atoms with Crippen LogP contribution in [0.5, 0.6) is 0 Å². The van der Waals surface area contributed by atoms with Crippen LogP contribution in [0.15, 0.2) is 24.3 Å². The van der Waals surface area contributed by atoms with Gasteiger partial charge in [0.15, 0.2) is 0 Å². The van der Waals surface area contributed by atoms with Crippen molar-refractivity contribution in [2.45, 2.75) is 64.6 Å². The molecule has 1 aliphatic carbocycles. The van der Waals surface area contributed by atoms with Gasteiger partial charge < -0.3 is 16.4 Å². The van der Waals surface area contributed by atoms with Crippen LogP contribution >= 0.6 is 0 Å². The van der Waals surface area contributed by atoms with Crippen LogP contribution in [-0.4, -0.2) is 42.4 Å². The van der Waals surface area contributed by atoms with Crippen LogP contribution < -0.4 is 16.4 Å². The third kappa shape index (κ3) is 6.63. The number of carbonyl (C=O) groups excluding carboxylic acids is 2. The fraction of sp³-hybridized carbons (Fsp3) is 0.619. The van der Waals surface area contributed by atoms with Crippen molar-refractivity contribution in [3.63, 3.8) is 0 Å². The predicted octanol–water partition coefficient (Wildman–Crippen LogP) is 2.49. The van der Waals surface area contributed by atoms with Crippen LogP contribution in [0.1, 0.15) is 51.5 Å². The first-order valence-electron chi connectivity index (χ1n) is 9.99. The smallest absolute Gasteiger partial charge is 0.243 e. The van der Waals surface area contributed by atoms with Gasteiger partial charge in [0.25, 0.3) is 0 Å². The summed E-state index contributed by atoms with van der Waals surface area (Å²) in [6.07, 6.45) is 6.42. The Balaban J connectivity index is 1.90. The van der Waals surface area contributed by atoms with Crippen molar-refractivity contribution in [3.05, 3.63) is 29.8 Å². The molecule has 0 unspecified atom stereocenters. The highest BCUT2D eigenvalue weighted by molar-refractivity contribution is 5.95. The Bertz CT molecular complexity index is 626. The average Bonchev–Trinajstić information content (AvgIpc) is 2.67. The molecule has 0 aromatic heterocycles. The van der Waals surface area contributed by atoms with E-state index in [9.17, 15) is 9.59 Å². The Labute approximate surface area is 162 Å². The van der Waals surface area contributed by atoms with Crippen LogP contribution in [0.2, 0.25) is 0 Å². The van der Waals surface area contributed by atoms with E-state index < -0.39 is 6.04 Å². The molecule has 0 radical (unpaired) electrons. The highest BCUT2D eigenvalue weighted by Crippen LogP contribution is 2.24. The number of hydrogen-bond donors (Lipinski definition) is 3. The van der Waals surface area contributed by atoms with E-state index in [2.05, 4.69) is 22.6 Å². The molecule has 1 aliphatic rings. The van der Waals surface area contributed by atoms with Gasteiger partial charge in [-0.15, -0.1) is 0 Å². The number of benzene rings is 1. The fourth-order valence-corrected chi connectivity index (χ4v) is 3.48. The van der Waals surface area contributed by atoms with Gasteiger partial charge in [0.2, 0.25) is 11.8 Å². The zero-order chi connectivity index (χ0) is 19.8. The van der Waals surface area contributed by atoms with E-state index in [0.29, 0.717) is 6.04 Å². The van der Waals surface area contributed by atoms with Gasteiger partial charge in [-0.05, 0) is 37.4 Å². The van der Waals surface area contributed by atoms with E-state index in [1.807, 2.05) is 38.1 Å². The third-order valence-corrected chi connectivity index (χ3v) is 5.35. The van der Waals surface area contributed by atoms with Gasteiger partial charge in [-0.2, -0.15) is 0 Å². The molecular weight excluding hydrogens is 340 g/mol. The second-order valence-electron chi connectivity index (χ2n) is 7.90. The van der Waals surface area contributed by atoms with Crippen molar-refractivity contribution in [2.24, 2.45) is 11.7 Å². The SMILES string of the molecule is CC(C)[C@H](N)C(=O)NCC(=O)Nc1ccccc1CN(C)C1CCCCC1. The summed E-state index contributed by atoms with van der Waals surface area (Å²) in [7, 11) is 2.15. The molecule has 150 valence electrons. The minimum absolute atomic E-state index is 0.0316. The molecule has 0 saturated heterocycles. The first-order valence-corrected chi connectivity index (χ1v) is 9.99. The number of hydrogen-bond acceptors (Lipinski definition) is 4. The molecule has 0 heterocycles. The molecular formula is C21H34N4O2. The first-order chi connectivity index (χ1) is 12.9. The zero-order valence-corrected chi connectivity index (χ0v) is 16.8. The molecule has 4 N–H and O–H groups in total. The van der Waals surface area contributed by atoms with E-state index in [4.69, 9.17) is 5.73 Å². The number of amides is 2. The highest BCUT2D eigenvalue weighted by atomic mass is 16.2. The number of para-hydroxylation sites is 1. The quantitative estimate of drug-likeness (QED) is 0.652. The summed E-state index contributed by atoms with van der Waals surface area (Å²) >= 11 is 0. The van der Waals surface area contributed by atoms with Crippen LogP contribution in [0.25, 0.3) is 0 Å². The second kappa shape index (κ2) is 10.4. The lowest BCUT2D eigenvalue weighted by molar-refractivity contribution is -0.125. The van der Waals surface area contributed by atoms with Gasteiger partial charge >= 0.3 is 0 Å². The van der Waals surface area contributed by atoms with Crippen molar-refractivity contribution >= 4 is 17.5 Å². The number of nitrogens with one attached hydrogen (secondary N) is 2. The van der Waals surface area contributed by atoms with Crippen molar-refractivity contribution in [3.8, 4) is 0 Å². The molecule has 0 spiro atoms.